The summed E-state index contributed by atoms with van der Waals surface area (Å²) in [5.41, 5.74) is 2.49. The van der Waals surface area contributed by atoms with E-state index in [0.29, 0.717) is 22.1 Å². The van der Waals surface area contributed by atoms with Gasteiger partial charge in [0.15, 0.2) is 0 Å². The molecule has 6 heteroatoms. The van der Waals surface area contributed by atoms with Crippen molar-refractivity contribution < 1.29 is 9.18 Å². The number of amides is 1. The molecule has 126 valence electrons. The number of hydrogen-bond acceptors (Lipinski definition) is 3. The lowest BCUT2D eigenvalue weighted by Gasteiger charge is -2.11. The van der Waals surface area contributed by atoms with Gasteiger partial charge in [-0.25, -0.2) is 4.39 Å². The summed E-state index contributed by atoms with van der Waals surface area (Å²) in [5.74, 6) is -0.748. The van der Waals surface area contributed by atoms with Crippen LogP contribution in [0, 0.1) is 12.7 Å². The van der Waals surface area contributed by atoms with Gasteiger partial charge in [-0.15, -0.1) is 0 Å². The van der Waals surface area contributed by atoms with Crippen LogP contribution in [0.4, 0.5) is 21.5 Å². The van der Waals surface area contributed by atoms with E-state index in [9.17, 15) is 9.18 Å². The van der Waals surface area contributed by atoms with Crippen molar-refractivity contribution in [3.63, 3.8) is 0 Å². The third-order valence-corrected chi connectivity index (χ3v) is 4.07. The number of nitrogens with zero attached hydrogens (tertiary/aromatic N) is 1. The third-order valence-electron chi connectivity index (χ3n) is 3.66. The number of halogens is 2. The standard InChI is InChI=1S/C19H15ClFN3O/c1-12-14(20)5-4-8-16(12)24-19(25)18-11-13(9-10-22-18)23-17-7-3-2-6-15(17)21/h2-11H,1H3,(H,22,23)(H,24,25). The zero-order chi connectivity index (χ0) is 17.8. The zero-order valence-electron chi connectivity index (χ0n) is 13.4. The lowest BCUT2D eigenvalue weighted by atomic mass is 10.2. The largest absolute Gasteiger partial charge is 0.353 e. The number of anilines is 3. The molecule has 0 bridgehead atoms. The molecule has 0 unspecified atom stereocenters. The Balaban J connectivity index is 1.80. The van der Waals surface area contributed by atoms with Crippen molar-refractivity contribution in [3.8, 4) is 0 Å². The number of para-hydroxylation sites is 1. The highest BCUT2D eigenvalue weighted by Gasteiger charge is 2.11. The minimum Gasteiger partial charge on any atom is -0.353 e. The molecule has 0 aliphatic heterocycles. The lowest BCUT2D eigenvalue weighted by molar-refractivity contribution is 0.102. The van der Waals surface area contributed by atoms with Gasteiger partial charge in [-0.2, -0.15) is 0 Å². The zero-order valence-corrected chi connectivity index (χ0v) is 14.1. The molecule has 0 fully saturated rings. The highest BCUT2D eigenvalue weighted by molar-refractivity contribution is 6.31. The Labute approximate surface area is 149 Å². The average molecular weight is 356 g/mol. The second-order valence-corrected chi connectivity index (χ2v) is 5.81. The second kappa shape index (κ2) is 7.32. The van der Waals surface area contributed by atoms with E-state index in [1.807, 2.05) is 6.92 Å². The van der Waals surface area contributed by atoms with Crippen LogP contribution in [0.2, 0.25) is 5.02 Å². The summed E-state index contributed by atoms with van der Waals surface area (Å²) in [5, 5.41) is 6.29. The van der Waals surface area contributed by atoms with Crippen LogP contribution in [-0.4, -0.2) is 10.9 Å². The molecule has 2 N–H and O–H groups in total. The molecule has 1 amide bonds. The van der Waals surface area contributed by atoms with Gasteiger partial charge in [0.05, 0.1) is 5.69 Å². The fraction of sp³-hybridized carbons (Fsp3) is 0.0526. The van der Waals surface area contributed by atoms with Crippen molar-refractivity contribution in [2.75, 3.05) is 10.6 Å². The van der Waals surface area contributed by atoms with E-state index >= 15 is 0 Å². The molecule has 1 heterocycles. The monoisotopic (exact) mass is 355 g/mol. The van der Waals surface area contributed by atoms with Crippen molar-refractivity contribution in [1.82, 2.24) is 4.98 Å². The molecule has 2 aromatic carbocycles. The first-order chi connectivity index (χ1) is 12.0. The van der Waals surface area contributed by atoms with Gasteiger partial charge < -0.3 is 10.6 Å². The molecule has 3 aromatic rings. The first-order valence-corrected chi connectivity index (χ1v) is 7.96. The number of hydrogen-bond donors (Lipinski definition) is 2. The summed E-state index contributed by atoms with van der Waals surface area (Å²) in [7, 11) is 0. The first kappa shape index (κ1) is 16.9. The average Bonchev–Trinajstić information content (AvgIpc) is 2.61. The van der Waals surface area contributed by atoms with Gasteiger partial charge in [0.25, 0.3) is 5.91 Å². The lowest BCUT2D eigenvalue weighted by Crippen LogP contribution is -2.14. The van der Waals surface area contributed by atoms with Crippen molar-refractivity contribution in [1.29, 1.82) is 0 Å². The van der Waals surface area contributed by atoms with E-state index in [0.717, 1.165) is 5.56 Å². The van der Waals surface area contributed by atoms with Crippen molar-refractivity contribution in [2.24, 2.45) is 0 Å². The predicted molar refractivity (Wildman–Crippen MR) is 98.1 cm³/mol. The maximum absolute atomic E-state index is 13.7. The summed E-state index contributed by atoms with van der Waals surface area (Å²) in [6, 6.07) is 14.8. The molecule has 25 heavy (non-hydrogen) atoms. The number of nitrogens with one attached hydrogen (secondary N) is 2. The van der Waals surface area contributed by atoms with E-state index < -0.39 is 0 Å². The Morgan fingerprint density at radius 2 is 1.84 bits per heavy atom. The Hall–Kier alpha value is -2.92. The van der Waals surface area contributed by atoms with E-state index in [1.54, 1.807) is 48.5 Å². The molecule has 1 aromatic heterocycles. The van der Waals surface area contributed by atoms with Crippen molar-refractivity contribution in [3.05, 3.63) is 82.9 Å². The van der Waals surface area contributed by atoms with Crippen LogP contribution in [0.25, 0.3) is 0 Å². The van der Waals surface area contributed by atoms with Crippen LogP contribution in [0.1, 0.15) is 16.1 Å². The van der Waals surface area contributed by atoms with E-state index in [2.05, 4.69) is 15.6 Å². The Kier molecular flexibility index (Phi) is 4.95. The fourth-order valence-corrected chi connectivity index (χ4v) is 2.45. The molecule has 0 spiro atoms. The summed E-state index contributed by atoms with van der Waals surface area (Å²) in [6.45, 7) is 1.82. The van der Waals surface area contributed by atoms with Crippen LogP contribution in [0.3, 0.4) is 0 Å². The van der Waals surface area contributed by atoms with Gasteiger partial charge in [-0.1, -0.05) is 29.8 Å². The highest BCUT2D eigenvalue weighted by atomic mass is 35.5. The van der Waals surface area contributed by atoms with Gasteiger partial charge in [0, 0.05) is 22.6 Å². The first-order valence-electron chi connectivity index (χ1n) is 7.58. The van der Waals surface area contributed by atoms with E-state index in [-0.39, 0.29) is 17.4 Å². The quantitative estimate of drug-likeness (QED) is 0.678. The summed E-state index contributed by atoms with van der Waals surface area (Å²) in [6.07, 6.45) is 1.49. The SMILES string of the molecule is Cc1c(Cl)cccc1NC(=O)c1cc(Nc2ccccc2F)ccn1. The van der Waals surface area contributed by atoms with E-state index in [4.69, 9.17) is 11.6 Å². The number of carbonyl (C=O) groups is 1. The van der Waals surface area contributed by atoms with Gasteiger partial charge in [0.2, 0.25) is 0 Å². The normalized spacial score (nSPS) is 10.4. The number of carbonyl (C=O) groups excluding carboxylic acids is 1. The maximum atomic E-state index is 13.7. The molecule has 0 aliphatic carbocycles. The van der Waals surface area contributed by atoms with Gasteiger partial charge in [0.1, 0.15) is 11.5 Å². The van der Waals surface area contributed by atoms with Crippen molar-refractivity contribution >= 4 is 34.6 Å². The summed E-state index contributed by atoms with van der Waals surface area (Å²) in [4.78, 5) is 16.5. The molecule has 4 nitrogen and oxygen atoms in total. The predicted octanol–water partition coefficient (Wildman–Crippen LogP) is 5.18. The molecule has 0 saturated carbocycles. The molecule has 0 atom stereocenters. The molecule has 0 radical (unpaired) electrons. The fourth-order valence-electron chi connectivity index (χ4n) is 2.28. The van der Waals surface area contributed by atoms with Crippen LogP contribution < -0.4 is 10.6 Å². The van der Waals surface area contributed by atoms with E-state index in [1.165, 1.54) is 12.3 Å². The summed E-state index contributed by atoms with van der Waals surface area (Å²) >= 11 is 6.06. The molecule has 0 aliphatic rings. The topological polar surface area (TPSA) is 54.0 Å². The number of benzene rings is 2. The number of aromatic nitrogens is 1. The molecule has 0 saturated heterocycles. The van der Waals surface area contributed by atoms with Gasteiger partial charge in [-0.05, 0) is 48.9 Å². The van der Waals surface area contributed by atoms with Crippen LogP contribution in [0.5, 0.6) is 0 Å². The van der Waals surface area contributed by atoms with Crippen molar-refractivity contribution in [2.45, 2.75) is 6.92 Å². The number of rotatable bonds is 4. The number of pyridine rings is 1. The van der Waals surface area contributed by atoms with Crippen LogP contribution in [0.15, 0.2) is 60.8 Å². The second-order valence-electron chi connectivity index (χ2n) is 5.40. The summed E-state index contributed by atoms with van der Waals surface area (Å²) < 4.78 is 13.7. The molecular formula is C19H15ClFN3O. The molecule has 3 rings (SSSR count). The Bertz CT molecular complexity index is 930. The smallest absolute Gasteiger partial charge is 0.274 e. The van der Waals surface area contributed by atoms with Crippen LogP contribution >= 0.6 is 11.6 Å². The highest BCUT2D eigenvalue weighted by Crippen LogP contribution is 2.24. The molecular weight excluding hydrogens is 341 g/mol. The van der Waals surface area contributed by atoms with Crippen LogP contribution in [-0.2, 0) is 0 Å². The van der Waals surface area contributed by atoms with Gasteiger partial charge in [-0.3, -0.25) is 9.78 Å². The maximum Gasteiger partial charge on any atom is 0.274 e. The Morgan fingerprint density at radius 3 is 2.64 bits per heavy atom. The van der Waals surface area contributed by atoms with Gasteiger partial charge >= 0.3 is 0 Å². The minimum absolute atomic E-state index is 0.209. The minimum atomic E-state index is -0.375. The Morgan fingerprint density at radius 1 is 1.08 bits per heavy atom. The third kappa shape index (κ3) is 3.95.